The standard InChI is InChI=1S/C13H20O2/c1-10-5-7-11(8-6-10)9-12(14)13(2,3)15-4/h5-8,12,14H,9H2,1-4H3. The SMILES string of the molecule is COC(C)(C)C(O)Cc1ccc(C)cc1. The Bertz CT molecular complexity index is 301. The summed E-state index contributed by atoms with van der Waals surface area (Å²) >= 11 is 0. The predicted octanol–water partition coefficient (Wildman–Crippen LogP) is 2.32. The first-order valence-corrected chi connectivity index (χ1v) is 5.24. The van der Waals surface area contributed by atoms with Crippen LogP contribution in [0.3, 0.4) is 0 Å². The average Bonchev–Trinajstić information content (AvgIpc) is 2.21. The van der Waals surface area contributed by atoms with Crippen molar-refractivity contribution in [3.63, 3.8) is 0 Å². The fourth-order valence-electron chi connectivity index (χ4n) is 1.33. The lowest BCUT2D eigenvalue weighted by molar-refractivity contribution is -0.0764. The van der Waals surface area contributed by atoms with Gasteiger partial charge >= 0.3 is 0 Å². The molecule has 0 fully saturated rings. The molecule has 0 aliphatic heterocycles. The molecule has 1 N–H and O–H groups in total. The first-order chi connectivity index (χ1) is 6.95. The topological polar surface area (TPSA) is 29.5 Å². The van der Waals surface area contributed by atoms with E-state index in [0.717, 1.165) is 5.56 Å². The fourth-order valence-corrected chi connectivity index (χ4v) is 1.33. The van der Waals surface area contributed by atoms with Crippen LogP contribution in [0.2, 0.25) is 0 Å². The zero-order valence-corrected chi connectivity index (χ0v) is 9.95. The first-order valence-electron chi connectivity index (χ1n) is 5.24. The van der Waals surface area contributed by atoms with E-state index in [0.29, 0.717) is 6.42 Å². The van der Waals surface area contributed by atoms with Gasteiger partial charge < -0.3 is 9.84 Å². The van der Waals surface area contributed by atoms with Crippen molar-refractivity contribution in [1.82, 2.24) is 0 Å². The van der Waals surface area contributed by atoms with Crippen LogP contribution < -0.4 is 0 Å². The molecule has 2 heteroatoms. The van der Waals surface area contributed by atoms with E-state index in [9.17, 15) is 5.11 Å². The van der Waals surface area contributed by atoms with Crippen molar-refractivity contribution < 1.29 is 9.84 Å². The summed E-state index contributed by atoms with van der Waals surface area (Å²) in [6.45, 7) is 5.84. The molecule has 0 spiro atoms. The van der Waals surface area contributed by atoms with E-state index in [1.807, 2.05) is 26.0 Å². The van der Waals surface area contributed by atoms with Gasteiger partial charge in [-0.05, 0) is 26.3 Å². The quantitative estimate of drug-likeness (QED) is 0.823. The molecule has 0 saturated heterocycles. The second kappa shape index (κ2) is 4.77. The summed E-state index contributed by atoms with van der Waals surface area (Å²) in [7, 11) is 1.62. The van der Waals surface area contributed by atoms with Crippen LogP contribution in [-0.2, 0) is 11.2 Å². The number of rotatable bonds is 4. The molecule has 2 nitrogen and oxygen atoms in total. The number of benzene rings is 1. The van der Waals surface area contributed by atoms with E-state index < -0.39 is 11.7 Å². The number of aliphatic hydroxyl groups is 1. The summed E-state index contributed by atoms with van der Waals surface area (Å²) in [4.78, 5) is 0. The molecular formula is C13H20O2. The summed E-state index contributed by atoms with van der Waals surface area (Å²) in [5, 5.41) is 9.97. The van der Waals surface area contributed by atoms with Gasteiger partial charge in [-0.25, -0.2) is 0 Å². The number of hydrogen-bond acceptors (Lipinski definition) is 2. The Morgan fingerprint density at radius 3 is 2.27 bits per heavy atom. The summed E-state index contributed by atoms with van der Waals surface area (Å²) in [6.07, 6.45) is 0.145. The van der Waals surface area contributed by atoms with E-state index >= 15 is 0 Å². The maximum atomic E-state index is 9.97. The van der Waals surface area contributed by atoms with Gasteiger partial charge in [0.2, 0.25) is 0 Å². The van der Waals surface area contributed by atoms with Crippen molar-refractivity contribution >= 4 is 0 Å². The zero-order valence-electron chi connectivity index (χ0n) is 9.95. The van der Waals surface area contributed by atoms with Gasteiger partial charge in [-0.1, -0.05) is 29.8 Å². The van der Waals surface area contributed by atoms with Crippen LogP contribution >= 0.6 is 0 Å². The van der Waals surface area contributed by atoms with Crippen molar-refractivity contribution in [3.8, 4) is 0 Å². The number of aliphatic hydroxyl groups excluding tert-OH is 1. The largest absolute Gasteiger partial charge is 0.390 e. The minimum Gasteiger partial charge on any atom is -0.390 e. The molecule has 0 aliphatic carbocycles. The number of methoxy groups -OCH3 is 1. The zero-order chi connectivity index (χ0) is 11.5. The van der Waals surface area contributed by atoms with Gasteiger partial charge in [0, 0.05) is 13.5 Å². The molecule has 1 unspecified atom stereocenters. The Labute approximate surface area is 91.9 Å². The smallest absolute Gasteiger partial charge is 0.0883 e. The third-order valence-corrected chi connectivity index (χ3v) is 2.88. The van der Waals surface area contributed by atoms with Gasteiger partial charge in [-0.2, -0.15) is 0 Å². The van der Waals surface area contributed by atoms with E-state index in [-0.39, 0.29) is 0 Å². The molecule has 0 heterocycles. The monoisotopic (exact) mass is 208 g/mol. The Morgan fingerprint density at radius 1 is 1.27 bits per heavy atom. The van der Waals surface area contributed by atoms with Gasteiger partial charge in [-0.15, -0.1) is 0 Å². The molecule has 1 atom stereocenters. The van der Waals surface area contributed by atoms with Crippen molar-refractivity contribution in [3.05, 3.63) is 35.4 Å². The second-order valence-electron chi connectivity index (χ2n) is 4.51. The van der Waals surface area contributed by atoms with E-state index in [1.165, 1.54) is 5.56 Å². The first kappa shape index (κ1) is 12.2. The van der Waals surface area contributed by atoms with Crippen molar-refractivity contribution in [2.75, 3.05) is 7.11 Å². The molecule has 0 bridgehead atoms. The highest BCUT2D eigenvalue weighted by molar-refractivity contribution is 5.22. The molecular weight excluding hydrogens is 188 g/mol. The van der Waals surface area contributed by atoms with Crippen molar-refractivity contribution in [1.29, 1.82) is 0 Å². The maximum absolute atomic E-state index is 9.97. The lowest BCUT2D eigenvalue weighted by Gasteiger charge is -2.29. The van der Waals surface area contributed by atoms with Crippen LogP contribution in [0.5, 0.6) is 0 Å². The van der Waals surface area contributed by atoms with Gasteiger partial charge in [-0.3, -0.25) is 0 Å². The molecule has 0 amide bonds. The molecule has 1 aromatic rings. The molecule has 84 valence electrons. The third-order valence-electron chi connectivity index (χ3n) is 2.88. The van der Waals surface area contributed by atoms with Gasteiger partial charge in [0.15, 0.2) is 0 Å². The lowest BCUT2D eigenvalue weighted by Crippen LogP contribution is -2.39. The lowest BCUT2D eigenvalue weighted by atomic mass is 9.95. The third kappa shape index (κ3) is 3.33. The van der Waals surface area contributed by atoms with Crippen LogP contribution in [0.25, 0.3) is 0 Å². The number of ether oxygens (including phenoxy) is 1. The molecule has 1 rings (SSSR count). The van der Waals surface area contributed by atoms with Gasteiger partial charge in [0.25, 0.3) is 0 Å². The summed E-state index contributed by atoms with van der Waals surface area (Å²) < 4.78 is 5.25. The molecule has 0 aliphatic rings. The minimum atomic E-state index is -0.495. The van der Waals surface area contributed by atoms with E-state index in [1.54, 1.807) is 7.11 Å². The van der Waals surface area contributed by atoms with Gasteiger partial charge in [0.05, 0.1) is 11.7 Å². The normalized spacial score (nSPS) is 13.9. The Kier molecular flexibility index (Phi) is 3.89. The van der Waals surface area contributed by atoms with Gasteiger partial charge in [0.1, 0.15) is 0 Å². The number of aryl methyl sites for hydroxylation is 1. The Balaban J connectivity index is 2.66. The molecule has 0 aromatic heterocycles. The van der Waals surface area contributed by atoms with Crippen LogP contribution in [0, 0.1) is 6.92 Å². The highest BCUT2D eigenvalue weighted by Crippen LogP contribution is 2.18. The Morgan fingerprint density at radius 2 is 1.80 bits per heavy atom. The fraction of sp³-hybridized carbons (Fsp3) is 0.538. The predicted molar refractivity (Wildman–Crippen MR) is 62.0 cm³/mol. The minimum absolute atomic E-state index is 0.481. The summed E-state index contributed by atoms with van der Waals surface area (Å²) in [5.41, 5.74) is 1.88. The van der Waals surface area contributed by atoms with Crippen LogP contribution in [0.15, 0.2) is 24.3 Å². The average molecular weight is 208 g/mol. The van der Waals surface area contributed by atoms with Crippen LogP contribution in [-0.4, -0.2) is 23.9 Å². The molecule has 1 aromatic carbocycles. The second-order valence-corrected chi connectivity index (χ2v) is 4.51. The summed E-state index contributed by atoms with van der Waals surface area (Å²) in [5.74, 6) is 0. The van der Waals surface area contributed by atoms with Crippen molar-refractivity contribution in [2.45, 2.75) is 38.9 Å². The molecule has 0 radical (unpaired) electrons. The summed E-state index contributed by atoms with van der Waals surface area (Å²) in [6, 6.07) is 8.21. The number of hydrogen-bond donors (Lipinski definition) is 1. The maximum Gasteiger partial charge on any atom is 0.0883 e. The van der Waals surface area contributed by atoms with Crippen LogP contribution in [0.4, 0.5) is 0 Å². The molecule has 0 saturated carbocycles. The highest BCUT2D eigenvalue weighted by Gasteiger charge is 2.27. The van der Waals surface area contributed by atoms with E-state index in [2.05, 4.69) is 19.1 Å². The van der Waals surface area contributed by atoms with Crippen LogP contribution in [0.1, 0.15) is 25.0 Å². The van der Waals surface area contributed by atoms with Crippen molar-refractivity contribution in [2.24, 2.45) is 0 Å². The molecule has 15 heavy (non-hydrogen) atoms. The highest BCUT2D eigenvalue weighted by atomic mass is 16.5. The Hall–Kier alpha value is -0.860. The van der Waals surface area contributed by atoms with E-state index in [4.69, 9.17) is 4.74 Å².